The van der Waals surface area contributed by atoms with Gasteiger partial charge in [0, 0.05) is 25.4 Å². The zero-order chi connectivity index (χ0) is 15.4. The molecule has 0 N–H and O–H groups in total. The fraction of sp³-hybridized carbons (Fsp3) is 0.529. The number of Topliss-reactive ketones (excluding diaryl/α,β-unsaturated/α-hetero) is 1. The van der Waals surface area contributed by atoms with Gasteiger partial charge in [-0.2, -0.15) is 0 Å². The third-order valence-corrected chi connectivity index (χ3v) is 3.87. The van der Waals surface area contributed by atoms with Gasteiger partial charge in [0.05, 0.1) is 6.10 Å². The number of benzene rings is 1. The normalized spacial score (nSPS) is 21.3. The Morgan fingerprint density at radius 2 is 1.90 bits per heavy atom. The van der Waals surface area contributed by atoms with Gasteiger partial charge in [-0.25, -0.2) is 0 Å². The topological polar surface area (TPSA) is 46.6 Å². The lowest BCUT2D eigenvalue weighted by Gasteiger charge is -2.38. The number of ether oxygens (including phenoxy) is 1. The molecule has 1 aromatic rings. The van der Waals surface area contributed by atoms with Crippen LogP contribution in [0.4, 0.5) is 0 Å². The molecule has 1 aliphatic heterocycles. The van der Waals surface area contributed by atoms with E-state index in [1.807, 2.05) is 44.2 Å². The Balaban J connectivity index is 2.18. The summed E-state index contributed by atoms with van der Waals surface area (Å²) in [5.41, 5.74) is 1.15. The van der Waals surface area contributed by atoms with Crippen molar-refractivity contribution in [1.29, 1.82) is 0 Å². The van der Waals surface area contributed by atoms with E-state index in [0.29, 0.717) is 13.0 Å². The van der Waals surface area contributed by atoms with Gasteiger partial charge in [0.1, 0.15) is 11.8 Å². The fourth-order valence-electron chi connectivity index (χ4n) is 2.76. The van der Waals surface area contributed by atoms with Gasteiger partial charge in [0.15, 0.2) is 0 Å². The highest BCUT2D eigenvalue weighted by Gasteiger charge is 2.36. The number of piperidine rings is 1. The van der Waals surface area contributed by atoms with Crippen LogP contribution in [0.1, 0.15) is 45.2 Å². The first-order valence-corrected chi connectivity index (χ1v) is 7.52. The number of carbonyl (C=O) groups is 2. The summed E-state index contributed by atoms with van der Waals surface area (Å²) in [6.45, 7) is 6.33. The lowest BCUT2D eigenvalue weighted by Crippen LogP contribution is -2.49. The molecule has 1 aromatic carbocycles. The Kier molecular flexibility index (Phi) is 5.12. The Morgan fingerprint density at radius 3 is 2.52 bits per heavy atom. The highest BCUT2D eigenvalue weighted by molar-refractivity contribution is 5.88. The molecule has 114 valence electrons. The Bertz CT molecular complexity index is 498. The van der Waals surface area contributed by atoms with E-state index in [0.717, 1.165) is 5.56 Å². The second-order valence-electron chi connectivity index (χ2n) is 5.82. The molecule has 1 saturated heterocycles. The molecule has 0 aliphatic carbocycles. The summed E-state index contributed by atoms with van der Waals surface area (Å²) in [5.74, 6) is -0.155. The minimum absolute atomic E-state index is 0.0870. The van der Waals surface area contributed by atoms with E-state index in [1.165, 1.54) is 0 Å². The molecule has 2 atom stereocenters. The fourth-order valence-corrected chi connectivity index (χ4v) is 2.76. The van der Waals surface area contributed by atoms with Crippen LogP contribution in [0.5, 0.6) is 0 Å². The van der Waals surface area contributed by atoms with Crippen molar-refractivity contribution < 1.29 is 14.3 Å². The zero-order valence-corrected chi connectivity index (χ0v) is 12.9. The molecule has 4 nitrogen and oxygen atoms in total. The van der Waals surface area contributed by atoms with E-state index in [4.69, 9.17) is 4.74 Å². The molecule has 4 heteroatoms. The SMILES string of the molecule is CC(C)OC(=O)[C@@H]1CC(=O)CCN1[C@@H](C)c1ccccc1. The van der Waals surface area contributed by atoms with E-state index in [-0.39, 0.29) is 30.3 Å². The van der Waals surface area contributed by atoms with Crippen LogP contribution in [0.15, 0.2) is 30.3 Å². The highest BCUT2D eigenvalue weighted by Crippen LogP contribution is 2.28. The van der Waals surface area contributed by atoms with E-state index in [2.05, 4.69) is 11.8 Å². The molecule has 0 spiro atoms. The summed E-state index contributed by atoms with van der Waals surface area (Å²) in [6.07, 6.45) is 0.592. The largest absolute Gasteiger partial charge is 0.462 e. The van der Waals surface area contributed by atoms with Crippen LogP contribution < -0.4 is 0 Å². The number of ketones is 1. The van der Waals surface area contributed by atoms with E-state index >= 15 is 0 Å². The van der Waals surface area contributed by atoms with Crippen LogP contribution in [0.25, 0.3) is 0 Å². The molecular weight excluding hydrogens is 266 g/mol. The number of hydrogen-bond donors (Lipinski definition) is 0. The molecule has 0 amide bonds. The summed E-state index contributed by atoms with van der Waals surface area (Å²) < 4.78 is 5.32. The van der Waals surface area contributed by atoms with Gasteiger partial charge >= 0.3 is 5.97 Å². The molecule has 0 radical (unpaired) electrons. The van der Waals surface area contributed by atoms with Gasteiger partial charge in [0.2, 0.25) is 0 Å². The Morgan fingerprint density at radius 1 is 1.24 bits per heavy atom. The average Bonchev–Trinajstić information content (AvgIpc) is 2.46. The maximum atomic E-state index is 12.3. The molecule has 0 aromatic heterocycles. The number of carbonyl (C=O) groups excluding carboxylic acids is 2. The number of esters is 1. The van der Waals surface area contributed by atoms with Crippen LogP contribution in [-0.4, -0.2) is 35.3 Å². The van der Waals surface area contributed by atoms with Crippen molar-refractivity contribution >= 4 is 11.8 Å². The van der Waals surface area contributed by atoms with Crippen molar-refractivity contribution in [2.75, 3.05) is 6.54 Å². The molecule has 2 rings (SSSR count). The lowest BCUT2D eigenvalue weighted by molar-refractivity contribution is -0.158. The first-order valence-electron chi connectivity index (χ1n) is 7.52. The van der Waals surface area contributed by atoms with E-state index < -0.39 is 6.04 Å². The third kappa shape index (κ3) is 3.91. The molecule has 0 bridgehead atoms. The molecule has 0 unspecified atom stereocenters. The smallest absolute Gasteiger partial charge is 0.324 e. The number of hydrogen-bond acceptors (Lipinski definition) is 4. The zero-order valence-electron chi connectivity index (χ0n) is 12.9. The lowest BCUT2D eigenvalue weighted by atomic mass is 9.96. The Hall–Kier alpha value is -1.68. The minimum atomic E-state index is -0.469. The van der Waals surface area contributed by atoms with Crippen molar-refractivity contribution in [2.24, 2.45) is 0 Å². The third-order valence-electron chi connectivity index (χ3n) is 3.87. The predicted octanol–water partition coefficient (Wildman–Crippen LogP) is 2.73. The number of rotatable bonds is 4. The maximum Gasteiger partial charge on any atom is 0.324 e. The molecule has 1 heterocycles. The molecule has 1 aliphatic rings. The molecular formula is C17H23NO3. The summed E-state index contributed by atoms with van der Waals surface area (Å²) >= 11 is 0. The van der Waals surface area contributed by atoms with Crippen molar-refractivity contribution in [1.82, 2.24) is 4.90 Å². The van der Waals surface area contributed by atoms with Gasteiger partial charge < -0.3 is 4.74 Å². The van der Waals surface area contributed by atoms with Crippen molar-refractivity contribution in [3.05, 3.63) is 35.9 Å². The van der Waals surface area contributed by atoms with Crippen molar-refractivity contribution in [3.8, 4) is 0 Å². The highest BCUT2D eigenvalue weighted by atomic mass is 16.5. The quantitative estimate of drug-likeness (QED) is 0.800. The van der Waals surface area contributed by atoms with Gasteiger partial charge in [-0.3, -0.25) is 14.5 Å². The van der Waals surface area contributed by atoms with E-state index in [1.54, 1.807) is 0 Å². The molecule has 21 heavy (non-hydrogen) atoms. The van der Waals surface area contributed by atoms with Gasteiger partial charge in [-0.15, -0.1) is 0 Å². The molecule has 1 fully saturated rings. The summed E-state index contributed by atoms with van der Waals surface area (Å²) in [4.78, 5) is 26.1. The van der Waals surface area contributed by atoms with Crippen LogP contribution in [0, 0.1) is 0 Å². The number of nitrogens with zero attached hydrogens (tertiary/aromatic N) is 1. The average molecular weight is 289 g/mol. The van der Waals surface area contributed by atoms with Crippen LogP contribution in [0.3, 0.4) is 0 Å². The second kappa shape index (κ2) is 6.85. The van der Waals surface area contributed by atoms with Gasteiger partial charge in [-0.1, -0.05) is 30.3 Å². The first-order chi connectivity index (χ1) is 9.99. The van der Waals surface area contributed by atoms with Crippen LogP contribution in [0.2, 0.25) is 0 Å². The van der Waals surface area contributed by atoms with Crippen LogP contribution in [-0.2, 0) is 14.3 Å². The summed E-state index contributed by atoms with van der Waals surface area (Å²) in [6, 6.07) is 9.66. The summed E-state index contributed by atoms with van der Waals surface area (Å²) in [7, 11) is 0. The second-order valence-corrected chi connectivity index (χ2v) is 5.82. The van der Waals surface area contributed by atoms with Crippen molar-refractivity contribution in [3.63, 3.8) is 0 Å². The minimum Gasteiger partial charge on any atom is -0.462 e. The standard InChI is InChI=1S/C17H23NO3/c1-12(2)21-17(20)16-11-15(19)9-10-18(16)13(3)14-7-5-4-6-8-14/h4-8,12-13,16H,9-11H2,1-3H3/t13-,16-/m0/s1. The predicted molar refractivity (Wildman–Crippen MR) is 80.8 cm³/mol. The van der Waals surface area contributed by atoms with Gasteiger partial charge in [0.25, 0.3) is 0 Å². The monoisotopic (exact) mass is 289 g/mol. The number of likely N-dealkylation sites (tertiary alicyclic amines) is 1. The van der Waals surface area contributed by atoms with Crippen molar-refractivity contribution in [2.45, 2.75) is 51.8 Å². The molecule has 0 saturated carbocycles. The van der Waals surface area contributed by atoms with Gasteiger partial charge in [-0.05, 0) is 26.3 Å². The summed E-state index contributed by atoms with van der Waals surface area (Å²) in [5, 5.41) is 0. The first kappa shape index (κ1) is 15.7. The van der Waals surface area contributed by atoms with Crippen LogP contribution >= 0.6 is 0 Å². The maximum absolute atomic E-state index is 12.3. The Labute approximate surface area is 126 Å². The van der Waals surface area contributed by atoms with E-state index in [9.17, 15) is 9.59 Å².